The molecule has 0 bridgehead atoms. The normalized spacial score (nSPS) is 6.67. The van der Waals surface area contributed by atoms with Gasteiger partial charge in [0.25, 0.3) is 0 Å². The van der Waals surface area contributed by atoms with E-state index in [1.807, 2.05) is 0 Å². The minimum Gasteiger partial charge on any atom is -1.00 e. The topological polar surface area (TPSA) is 80.9 Å². The van der Waals surface area contributed by atoms with Crippen LogP contribution < -0.4 is 0 Å². The van der Waals surface area contributed by atoms with Gasteiger partial charge in [0.15, 0.2) is 17.4 Å². The van der Waals surface area contributed by atoms with Crippen molar-refractivity contribution >= 4 is 111 Å². The molecule has 1 radical (unpaired) electrons. The Morgan fingerprint density at radius 3 is 1.00 bits per heavy atom. The minimum atomic E-state index is -4.61. The molecule has 0 saturated heterocycles. The summed E-state index contributed by atoms with van der Waals surface area (Å²) in [5, 5.41) is 0. The van der Waals surface area contributed by atoms with Gasteiger partial charge in [-0.25, -0.2) is 0 Å². The van der Waals surface area contributed by atoms with Crippen molar-refractivity contribution in [1.29, 1.82) is 0 Å². The molecule has 0 aliphatic carbocycles. The summed E-state index contributed by atoms with van der Waals surface area (Å²) in [6.07, 6.45) is 0. The summed E-state index contributed by atoms with van der Waals surface area (Å²) in [6.45, 7) is 0. The van der Waals surface area contributed by atoms with Gasteiger partial charge < -0.3 is 22.0 Å². The van der Waals surface area contributed by atoms with Crippen LogP contribution in [0.5, 0.6) is 0 Å². The Kier molecular flexibility index (Phi) is 45.6. The Balaban J connectivity index is -0.00000000533. The van der Waals surface area contributed by atoms with Crippen LogP contribution in [0.4, 0.5) is 0 Å². The number of rotatable bonds is 0. The van der Waals surface area contributed by atoms with Crippen LogP contribution in [0.25, 0.3) is 0 Å². The SMILES string of the molecule is O[Si](O)(O)O.[AlH3].[Ca+2].[GaH3].[H-].[H-].[Tl]. The van der Waals surface area contributed by atoms with Crippen molar-refractivity contribution in [1.82, 2.24) is 0 Å². The zero-order valence-corrected chi connectivity index (χ0v) is 11.3. The van der Waals surface area contributed by atoms with E-state index in [-0.39, 0.29) is 105 Å². The van der Waals surface area contributed by atoms with Gasteiger partial charge >= 0.3 is 66.6 Å². The van der Waals surface area contributed by atoms with Gasteiger partial charge in [0.2, 0.25) is 0 Å². The molecular weight excluding hydrogens is 433 g/mol. The van der Waals surface area contributed by atoms with Crippen molar-refractivity contribution in [3.8, 4) is 0 Å². The molecule has 0 aliphatic heterocycles. The number of hydrogen-bond acceptors (Lipinski definition) is 4. The van der Waals surface area contributed by atoms with Gasteiger partial charge in [0.1, 0.15) is 0 Å². The molecule has 0 rings (SSSR count). The van der Waals surface area contributed by atoms with Gasteiger partial charge in [-0.2, -0.15) is 0 Å². The van der Waals surface area contributed by atoms with E-state index in [1.165, 1.54) is 0 Å². The van der Waals surface area contributed by atoms with Gasteiger partial charge in [0.05, 0.1) is 0 Å². The van der Waals surface area contributed by atoms with Crippen LogP contribution in [-0.4, -0.2) is 130 Å². The Morgan fingerprint density at radius 1 is 1.00 bits per heavy atom. The third-order valence-electron chi connectivity index (χ3n) is 0. The van der Waals surface area contributed by atoms with Crippen LogP contribution >= 0.6 is 0 Å². The van der Waals surface area contributed by atoms with Gasteiger partial charge in [0, 0.05) is 27.3 Å². The largest absolute Gasteiger partial charge is 1.00 e. The second-order valence-corrected chi connectivity index (χ2v) is 1.80. The maximum Gasteiger partial charge on any atom is 0 e. The summed E-state index contributed by atoms with van der Waals surface area (Å²) in [7, 11) is -4.61. The molecule has 0 aliphatic rings. The molecule has 0 amide bonds. The molecule has 9 heteroatoms. The van der Waals surface area contributed by atoms with Crippen LogP contribution in [0.3, 0.4) is 0 Å². The van der Waals surface area contributed by atoms with Gasteiger partial charge in [-0.1, -0.05) is 0 Å². The standard InChI is InChI=1S/Al.Ca.Ga.H4O4Si.Tl.8H/c;;;1-5(2,3)4;;;;;;;;;/h;;;1-4H;;;;;;;;;/q;+2;;;;;;;;;;2*-1. The predicted octanol–water partition coefficient (Wildman–Crippen LogP) is -5.51. The fourth-order valence-electron chi connectivity index (χ4n) is 0. The predicted molar refractivity (Wildman–Crippen MR) is 48.2 cm³/mol. The first-order chi connectivity index (χ1) is 2.00. The van der Waals surface area contributed by atoms with Crippen molar-refractivity contribution in [2.75, 3.05) is 0 Å². The zero-order chi connectivity index (χ0) is 4.50. The molecule has 0 atom stereocenters. The van der Waals surface area contributed by atoms with Crippen molar-refractivity contribution in [2.24, 2.45) is 0 Å². The first-order valence-corrected chi connectivity index (χ1v) is 2.68. The molecule has 0 aromatic rings. The van der Waals surface area contributed by atoms with Gasteiger partial charge in [-0.3, -0.25) is 0 Å². The molecule has 4 N–H and O–H groups in total. The Labute approximate surface area is 131 Å². The number of hydrogen-bond donors (Lipinski definition) is 4. The average Bonchev–Trinajstić information content (AvgIpc) is 0.722. The first-order valence-electron chi connectivity index (χ1n) is 0.894. The second-order valence-electron chi connectivity index (χ2n) is 0.600. The van der Waals surface area contributed by atoms with Crippen LogP contribution in [-0.2, 0) is 0 Å². The summed E-state index contributed by atoms with van der Waals surface area (Å²) in [5.74, 6) is 0. The van der Waals surface area contributed by atoms with Crippen molar-refractivity contribution in [3.05, 3.63) is 0 Å². The quantitative estimate of drug-likeness (QED) is 0.281. The molecule has 0 spiro atoms. The van der Waals surface area contributed by atoms with E-state index in [4.69, 9.17) is 19.2 Å². The maximum absolute atomic E-state index is 7.33. The summed E-state index contributed by atoms with van der Waals surface area (Å²) in [4.78, 5) is 29.3. The van der Waals surface area contributed by atoms with Crippen molar-refractivity contribution in [3.63, 3.8) is 0 Å². The molecule has 0 saturated carbocycles. The van der Waals surface area contributed by atoms with Crippen LogP contribution in [0, 0.1) is 0 Å². The summed E-state index contributed by atoms with van der Waals surface area (Å²) >= 11 is 0. The Bertz CT molecular complexity index is 43.6. The molecular formula is H12AlCaGaO4SiTl. The zero-order valence-electron chi connectivity index (χ0n) is 5.57. The van der Waals surface area contributed by atoms with Crippen molar-refractivity contribution < 1.29 is 22.0 Å². The summed E-state index contributed by atoms with van der Waals surface area (Å²) < 4.78 is 0. The molecule has 0 aromatic carbocycles. The summed E-state index contributed by atoms with van der Waals surface area (Å²) in [5.41, 5.74) is 0. The monoisotopic (exact) mass is 445 g/mol. The molecule has 0 aromatic heterocycles. The molecule has 4 nitrogen and oxygen atoms in total. The van der Waals surface area contributed by atoms with E-state index >= 15 is 0 Å². The van der Waals surface area contributed by atoms with Gasteiger partial charge in [-0.15, -0.1) is 0 Å². The smallest absolute Gasteiger partial charge is 0 e. The van der Waals surface area contributed by atoms with Crippen LogP contribution in [0.1, 0.15) is 2.85 Å². The fraction of sp³-hybridized carbons (Fsp3) is 0. The minimum absolute atomic E-state index is 0. The molecule has 51 valence electrons. The third-order valence-corrected chi connectivity index (χ3v) is 0. The maximum atomic E-state index is 7.33. The third kappa shape index (κ3) is 86.9. The molecule has 0 fully saturated rings. The second kappa shape index (κ2) is 14.0. The molecule has 0 unspecified atom stereocenters. The van der Waals surface area contributed by atoms with Crippen LogP contribution in [0.2, 0.25) is 0 Å². The van der Waals surface area contributed by atoms with Crippen molar-refractivity contribution in [2.45, 2.75) is 0 Å². The Morgan fingerprint density at radius 2 is 1.00 bits per heavy atom. The first kappa shape index (κ1) is 29.4. The molecule has 0 heterocycles. The van der Waals surface area contributed by atoms with Gasteiger partial charge in [-0.05, 0) is 0 Å². The van der Waals surface area contributed by atoms with E-state index in [0.717, 1.165) is 0 Å². The summed E-state index contributed by atoms with van der Waals surface area (Å²) in [6, 6.07) is 0. The molecule has 9 heavy (non-hydrogen) atoms. The van der Waals surface area contributed by atoms with E-state index in [1.54, 1.807) is 0 Å². The average molecular weight is 445 g/mol. The van der Waals surface area contributed by atoms with E-state index in [2.05, 4.69) is 0 Å². The van der Waals surface area contributed by atoms with E-state index < -0.39 is 9.05 Å². The van der Waals surface area contributed by atoms with E-state index in [9.17, 15) is 0 Å². The fourth-order valence-corrected chi connectivity index (χ4v) is 0. The van der Waals surface area contributed by atoms with Crippen LogP contribution in [0.15, 0.2) is 0 Å². The van der Waals surface area contributed by atoms with E-state index in [0.29, 0.717) is 0 Å². The Hall–Kier alpha value is 3.41.